The highest BCUT2D eigenvalue weighted by molar-refractivity contribution is 14.0. The molecule has 0 saturated carbocycles. The number of nitrogens with zero attached hydrogens (tertiary/aromatic N) is 3. The average molecular weight is 471 g/mol. The highest BCUT2D eigenvalue weighted by Crippen LogP contribution is 2.02. The molecule has 1 aromatic carbocycles. The largest absolute Gasteiger partial charge is 0.376 e. The van der Waals surface area contributed by atoms with Crippen molar-refractivity contribution in [2.45, 2.75) is 27.0 Å². The summed E-state index contributed by atoms with van der Waals surface area (Å²) >= 11 is 0. The second kappa shape index (κ2) is 12.7. The molecule has 0 fully saturated rings. The van der Waals surface area contributed by atoms with E-state index in [2.05, 4.69) is 39.8 Å². The Balaban J connectivity index is 0.00000338. The van der Waals surface area contributed by atoms with Crippen molar-refractivity contribution >= 4 is 29.9 Å². The number of rotatable bonds is 9. The van der Waals surface area contributed by atoms with Crippen molar-refractivity contribution in [3.8, 4) is 0 Å². The van der Waals surface area contributed by atoms with Gasteiger partial charge in [0.25, 0.3) is 0 Å². The molecule has 1 atom stereocenters. The van der Waals surface area contributed by atoms with Crippen LogP contribution in [-0.4, -0.2) is 42.5 Å². The Bertz CT molecular complexity index is 644. The fourth-order valence-corrected chi connectivity index (χ4v) is 2.38. The number of halogens is 1. The molecule has 0 radical (unpaired) electrons. The zero-order valence-corrected chi connectivity index (χ0v) is 18.1. The van der Waals surface area contributed by atoms with E-state index in [0.29, 0.717) is 19.1 Å². The van der Waals surface area contributed by atoms with Crippen molar-refractivity contribution in [3.63, 3.8) is 0 Å². The summed E-state index contributed by atoms with van der Waals surface area (Å²) in [5, 5.41) is 10.9. The molecule has 1 unspecified atom stereocenters. The molecule has 0 amide bonds. The number of nitrogens with one attached hydrogen (secondary N) is 2. The van der Waals surface area contributed by atoms with Gasteiger partial charge in [-0.2, -0.15) is 5.10 Å². The van der Waals surface area contributed by atoms with Gasteiger partial charge in [-0.15, -0.1) is 24.0 Å². The summed E-state index contributed by atoms with van der Waals surface area (Å²) in [6.45, 7) is 7.97. The van der Waals surface area contributed by atoms with Gasteiger partial charge in [0.05, 0.1) is 26.0 Å². The number of aryl methyl sites for hydroxylation is 1. The highest BCUT2D eigenvalue weighted by Gasteiger charge is 2.05. The molecule has 0 aliphatic heterocycles. The van der Waals surface area contributed by atoms with Crippen LogP contribution < -0.4 is 10.6 Å². The van der Waals surface area contributed by atoms with E-state index in [4.69, 9.17) is 4.74 Å². The van der Waals surface area contributed by atoms with Gasteiger partial charge in [-0.3, -0.25) is 9.67 Å². The van der Waals surface area contributed by atoms with Gasteiger partial charge in [-0.1, -0.05) is 37.3 Å². The Labute approximate surface area is 173 Å². The third-order valence-electron chi connectivity index (χ3n) is 3.75. The number of aromatic nitrogens is 2. The van der Waals surface area contributed by atoms with Gasteiger partial charge in [0.1, 0.15) is 0 Å². The van der Waals surface area contributed by atoms with Crippen LogP contribution in [0.4, 0.5) is 0 Å². The van der Waals surface area contributed by atoms with Gasteiger partial charge in [0.2, 0.25) is 0 Å². The quantitative estimate of drug-likeness (QED) is 0.336. The molecule has 0 bridgehead atoms. The molecule has 1 aromatic heterocycles. The van der Waals surface area contributed by atoms with Crippen molar-refractivity contribution in [1.29, 1.82) is 0 Å². The smallest absolute Gasteiger partial charge is 0.191 e. The number of ether oxygens (including phenoxy) is 1. The summed E-state index contributed by atoms with van der Waals surface area (Å²) in [5.41, 5.74) is 2.38. The van der Waals surface area contributed by atoms with Crippen LogP contribution in [0.1, 0.15) is 18.1 Å². The molecule has 6 nitrogen and oxygen atoms in total. The molecule has 2 aromatic rings. The maximum absolute atomic E-state index is 5.78. The summed E-state index contributed by atoms with van der Waals surface area (Å²) in [5.74, 6) is 1.20. The van der Waals surface area contributed by atoms with E-state index in [1.54, 1.807) is 7.05 Å². The van der Waals surface area contributed by atoms with E-state index in [0.717, 1.165) is 25.6 Å². The summed E-state index contributed by atoms with van der Waals surface area (Å²) in [6, 6.07) is 10.2. The monoisotopic (exact) mass is 471 g/mol. The maximum Gasteiger partial charge on any atom is 0.191 e. The Morgan fingerprint density at radius 3 is 2.69 bits per heavy atom. The summed E-state index contributed by atoms with van der Waals surface area (Å²) in [6.07, 6.45) is 3.90. The molecule has 0 saturated heterocycles. The SMILES string of the molecule is CN=C(NCCn1cc(C)cn1)NCC(C)COCc1ccccc1.I. The van der Waals surface area contributed by atoms with E-state index in [9.17, 15) is 0 Å². The van der Waals surface area contributed by atoms with Gasteiger partial charge in [-0.05, 0) is 24.0 Å². The van der Waals surface area contributed by atoms with Crippen LogP contribution in [-0.2, 0) is 17.9 Å². The van der Waals surface area contributed by atoms with Crippen molar-refractivity contribution in [3.05, 3.63) is 53.9 Å². The van der Waals surface area contributed by atoms with Gasteiger partial charge < -0.3 is 15.4 Å². The summed E-state index contributed by atoms with van der Waals surface area (Å²) < 4.78 is 7.70. The maximum atomic E-state index is 5.78. The predicted octanol–water partition coefficient (Wildman–Crippen LogP) is 2.83. The third-order valence-corrected chi connectivity index (χ3v) is 3.75. The van der Waals surface area contributed by atoms with E-state index in [1.165, 1.54) is 11.1 Å². The lowest BCUT2D eigenvalue weighted by atomic mass is 10.2. The van der Waals surface area contributed by atoms with Gasteiger partial charge >= 0.3 is 0 Å². The van der Waals surface area contributed by atoms with Gasteiger partial charge in [-0.25, -0.2) is 0 Å². The van der Waals surface area contributed by atoms with Crippen molar-refractivity contribution < 1.29 is 4.74 Å². The molecule has 26 heavy (non-hydrogen) atoms. The van der Waals surface area contributed by atoms with Crippen LogP contribution >= 0.6 is 24.0 Å². The number of guanidine groups is 1. The van der Waals surface area contributed by atoms with Crippen LogP contribution in [0.5, 0.6) is 0 Å². The molecule has 0 aliphatic rings. The number of hydrogen-bond donors (Lipinski definition) is 2. The zero-order valence-electron chi connectivity index (χ0n) is 15.8. The average Bonchev–Trinajstić information content (AvgIpc) is 3.04. The molecule has 7 heteroatoms. The molecule has 144 valence electrons. The van der Waals surface area contributed by atoms with Crippen LogP contribution in [0.15, 0.2) is 47.7 Å². The van der Waals surface area contributed by atoms with Crippen molar-refractivity contribution in [1.82, 2.24) is 20.4 Å². The predicted molar refractivity (Wildman–Crippen MR) is 117 cm³/mol. The molecule has 0 spiro atoms. The molecular weight excluding hydrogens is 441 g/mol. The minimum Gasteiger partial charge on any atom is -0.376 e. The van der Waals surface area contributed by atoms with E-state index in [1.807, 2.05) is 42.2 Å². The fraction of sp³-hybridized carbons (Fsp3) is 0.474. The van der Waals surface area contributed by atoms with Crippen molar-refractivity contribution in [2.75, 3.05) is 26.7 Å². The first-order valence-electron chi connectivity index (χ1n) is 8.72. The molecule has 0 aliphatic carbocycles. The number of hydrogen-bond acceptors (Lipinski definition) is 3. The van der Waals surface area contributed by atoms with Crippen LogP contribution in [0.25, 0.3) is 0 Å². The third kappa shape index (κ3) is 8.66. The first kappa shape index (κ1) is 22.4. The number of benzene rings is 1. The minimum absolute atomic E-state index is 0. The number of aliphatic imine (C=N–C) groups is 1. The lowest BCUT2D eigenvalue weighted by Gasteiger charge is -2.16. The van der Waals surface area contributed by atoms with E-state index in [-0.39, 0.29) is 24.0 Å². The Hall–Kier alpha value is -1.61. The van der Waals surface area contributed by atoms with Gasteiger partial charge in [0.15, 0.2) is 5.96 Å². The standard InChI is InChI=1S/C19H29N5O.HI/c1-16-12-23-24(13-16)10-9-21-19(20-3)22-11-17(2)14-25-15-18-7-5-4-6-8-18;/h4-8,12-13,17H,9-11,14-15H2,1-3H3,(H2,20,21,22);1H. The Morgan fingerprint density at radius 2 is 2.04 bits per heavy atom. The van der Waals surface area contributed by atoms with Crippen LogP contribution in [0.3, 0.4) is 0 Å². The van der Waals surface area contributed by atoms with Crippen LogP contribution in [0, 0.1) is 12.8 Å². The summed E-state index contributed by atoms with van der Waals surface area (Å²) in [4.78, 5) is 4.25. The first-order valence-corrected chi connectivity index (χ1v) is 8.72. The molecule has 2 rings (SSSR count). The zero-order chi connectivity index (χ0) is 17.9. The Morgan fingerprint density at radius 1 is 1.27 bits per heavy atom. The van der Waals surface area contributed by atoms with Crippen molar-refractivity contribution in [2.24, 2.45) is 10.9 Å². The first-order chi connectivity index (χ1) is 12.2. The lowest BCUT2D eigenvalue weighted by Crippen LogP contribution is -2.41. The normalized spacial score (nSPS) is 12.3. The molecular formula is C19H30IN5O. The summed E-state index contributed by atoms with van der Waals surface area (Å²) in [7, 11) is 1.78. The highest BCUT2D eigenvalue weighted by atomic mass is 127. The Kier molecular flexibility index (Phi) is 11.0. The topological polar surface area (TPSA) is 63.5 Å². The van der Waals surface area contributed by atoms with E-state index < -0.39 is 0 Å². The second-order valence-electron chi connectivity index (χ2n) is 6.27. The minimum atomic E-state index is 0. The molecule has 2 N–H and O–H groups in total. The van der Waals surface area contributed by atoms with Crippen LogP contribution in [0.2, 0.25) is 0 Å². The fourth-order valence-electron chi connectivity index (χ4n) is 2.38. The van der Waals surface area contributed by atoms with E-state index >= 15 is 0 Å². The molecule has 1 heterocycles. The van der Waals surface area contributed by atoms with Gasteiger partial charge in [0, 0.05) is 26.3 Å². The lowest BCUT2D eigenvalue weighted by molar-refractivity contribution is 0.0931. The second-order valence-corrected chi connectivity index (χ2v) is 6.27.